The molecular formula is C12H17Cl2N3. The summed E-state index contributed by atoms with van der Waals surface area (Å²) in [4.78, 5) is 4.22. The number of anilines is 1. The van der Waals surface area contributed by atoms with Gasteiger partial charge in [0.05, 0.1) is 6.04 Å². The van der Waals surface area contributed by atoms with Crippen molar-refractivity contribution in [3.8, 4) is 0 Å². The summed E-state index contributed by atoms with van der Waals surface area (Å²) in [6, 6.07) is 8.27. The van der Waals surface area contributed by atoms with Crippen LogP contribution in [-0.2, 0) is 0 Å². The Morgan fingerprint density at radius 2 is 1.76 bits per heavy atom. The van der Waals surface area contributed by atoms with Gasteiger partial charge in [0.25, 0.3) is 0 Å². The number of nitrogen functional groups attached to an aromatic ring is 1. The normalized spacial score (nSPS) is 11.2. The van der Waals surface area contributed by atoms with Crippen molar-refractivity contribution in [2.24, 2.45) is 0 Å². The monoisotopic (exact) mass is 273 g/mol. The van der Waals surface area contributed by atoms with E-state index in [2.05, 4.69) is 28.6 Å². The number of nitrogens with zero attached hydrogens (tertiary/aromatic N) is 2. The fraction of sp³-hybridized carbons (Fsp3) is 0.250. The van der Waals surface area contributed by atoms with Crippen molar-refractivity contribution in [1.29, 1.82) is 0 Å². The molecule has 1 heterocycles. The summed E-state index contributed by atoms with van der Waals surface area (Å²) < 4.78 is 2.14. The Bertz CT molecular complexity index is 451. The van der Waals surface area contributed by atoms with Crippen LogP contribution in [0, 0.1) is 6.92 Å². The van der Waals surface area contributed by atoms with E-state index in [9.17, 15) is 0 Å². The highest BCUT2D eigenvalue weighted by atomic mass is 35.5. The number of halogens is 2. The third-order valence-electron chi connectivity index (χ3n) is 2.70. The van der Waals surface area contributed by atoms with Crippen LogP contribution >= 0.6 is 24.8 Å². The van der Waals surface area contributed by atoms with Crippen molar-refractivity contribution in [3.05, 3.63) is 48.0 Å². The van der Waals surface area contributed by atoms with E-state index in [1.807, 2.05) is 31.5 Å². The Hall–Kier alpha value is -1.19. The van der Waals surface area contributed by atoms with Crippen LogP contribution in [0.2, 0.25) is 0 Å². The van der Waals surface area contributed by atoms with E-state index < -0.39 is 0 Å². The number of aryl methyl sites for hydroxylation is 1. The molecule has 0 unspecified atom stereocenters. The van der Waals surface area contributed by atoms with E-state index in [1.165, 1.54) is 5.56 Å². The maximum atomic E-state index is 5.66. The summed E-state index contributed by atoms with van der Waals surface area (Å²) in [6.07, 6.45) is 3.82. The van der Waals surface area contributed by atoms with E-state index in [1.54, 1.807) is 0 Å². The average molecular weight is 274 g/mol. The van der Waals surface area contributed by atoms with Crippen LogP contribution in [0.25, 0.3) is 0 Å². The molecule has 0 aliphatic heterocycles. The van der Waals surface area contributed by atoms with E-state index >= 15 is 0 Å². The number of nitrogens with two attached hydrogens (primary N) is 1. The minimum Gasteiger partial charge on any atom is -0.399 e. The molecule has 94 valence electrons. The largest absolute Gasteiger partial charge is 0.399 e. The summed E-state index contributed by atoms with van der Waals surface area (Å²) >= 11 is 0. The third-order valence-corrected chi connectivity index (χ3v) is 2.70. The van der Waals surface area contributed by atoms with Crippen LogP contribution in [0.5, 0.6) is 0 Å². The number of imidazole rings is 1. The molecule has 0 aliphatic carbocycles. The molecule has 1 aromatic carbocycles. The Labute approximate surface area is 114 Å². The molecule has 0 aliphatic rings. The minimum absolute atomic E-state index is 0. The number of hydrogen-bond acceptors (Lipinski definition) is 2. The van der Waals surface area contributed by atoms with E-state index in [0.717, 1.165) is 11.5 Å². The second kappa shape index (κ2) is 6.52. The predicted molar refractivity (Wildman–Crippen MR) is 76.1 cm³/mol. The second-order valence-corrected chi connectivity index (χ2v) is 3.72. The van der Waals surface area contributed by atoms with Gasteiger partial charge >= 0.3 is 0 Å². The summed E-state index contributed by atoms with van der Waals surface area (Å²) in [6.45, 7) is 4.16. The number of hydrogen-bond donors (Lipinski definition) is 1. The average Bonchev–Trinajstić information content (AvgIpc) is 2.65. The van der Waals surface area contributed by atoms with E-state index in [0.29, 0.717) is 6.04 Å². The lowest BCUT2D eigenvalue weighted by molar-refractivity contribution is 0.619. The lowest BCUT2D eigenvalue weighted by Gasteiger charge is -2.15. The fourth-order valence-electron chi connectivity index (χ4n) is 1.73. The van der Waals surface area contributed by atoms with Crippen molar-refractivity contribution in [3.63, 3.8) is 0 Å². The van der Waals surface area contributed by atoms with Gasteiger partial charge in [0, 0.05) is 18.1 Å². The molecule has 2 N–H and O–H groups in total. The van der Waals surface area contributed by atoms with E-state index in [4.69, 9.17) is 5.73 Å². The van der Waals surface area contributed by atoms with Crippen molar-refractivity contribution in [2.75, 3.05) is 5.73 Å². The van der Waals surface area contributed by atoms with Gasteiger partial charge in [0.15, 0.2) is 0 Å². The molecule has 2 aromatic rings. The lowest BCUT2D eigenvalue weighted by atomic mass is 10.1. The Morgan fingerprint density at radius 3 is 2.24 bits per heavy atom. The predicted octanol–water partition coefficient (Wildman–Crippen LogP) is 3.23. The van der Waals surface area contributed by atoms with Crippen molar-refractivity contribution in [2.45, 2.75) is 19.9 Å². The molecule has 17 heavy (non-hydrogen) atoms. The molecule has 0 bridgehead atoms. The minimum atomic E-state index is 0. The summed E-state index contributed by atoms with van der Waals surface area (Å²) in [5, 5.41) is 0. The van der Waals surface area contributed by atoms with Gasteiger partial charge in [-0.1, -0.05) is 12.1 Å². The van der Waals surface area contributed by atoms with Gasteiger partial charge in [-0.05, 0) is 31.5 Å². The topological polar surface area (TPSA) is 43.8 Å². The van der Waals surface area contributed by atoms with Crippen molar-refractivity contribution >= 4 is 30.5 Å². The second-order valence-electron chi connectivity index (χ2n) is 3.72. The zero-order valence-electron chi connectivity index (χ0n) is 9.83. The van der Waals surface area contributed by atoms with Gasteiger partial charge in [0.1, 0.15) is 5.82 Å². The van der Waals surface area contributed by atoms with Crippen LogP contribution in [0.3, 0.4) is 0 Å². The Kier molecular flexibility index (Phi) is 6.07. The first kappa shape index (κ1) is 15.8. The first-order valence-electron chi connectivity index (χ1n) is 5.03. The first-order chi connectivity index (χ1) is 7.18. The van der Waals surface area contributed by atoms with Crippen LogP contribution in [0.1, 0.15) is 24.4 Å². The molecule has 3 nitrogen and oxygen atoms in total. The first-order valence-corrected chi connectivity index (χ1v) is 5.03. The van der Waals surface area contributed by atoms with Gasteiger partial charge in [-0.15, -0.1) is 24.8 Å². The maximum absolute atomic E-state index is 5.66. The van der Waals surface area contributed by atoms with Crippen molar-refractivity contribution in [1.82, 2.24) is 9.55 Å². The van der Waals surface area contributed by atoms with Crippen LogP contribution in [0.4, 0.5) is 5.69 Å². The van der Waals surface area contributed by atoms with E-state index in [-0.39, 0.29) is 24.8 Å². The van der Waals surface area contributed by atoms with Crippen molar-refractivity contribution < 1.29 is 0 Å². The standard InChI is InChI=1S/C12H15N3.2ClH/c1-9(15-8-7-14-10(15)2)11-3-5-12(13)6-4-11;;/h3-9H,13H2,1-2H3;2*1H/t9-;;/m0../s1. The molecule has 5 heteroatoms. The van der Waals surface area contributed by atoms with Crippen LogP contribution in [0.15, 0.2) is 36.7 Å². The van der Waals surface area contributed by atoms with Gasteiger partial charge in [-0.25, -0.2) is 4.98 Å². The fourth-order valence-corrected chi connectivity index (χ4v) is 1.73. The third kappa shape index (κ3) is 3.38. The zero-order valence-corrected chi connectivity index (χ0v) is 11.5. The molecule has 0 saturated carbocycles. The molecule has 0 fully saturated rings. The van der Waals surface area contributed by atoms with Gasteiger partial charge in [0.2, 0.25) is 0 Å². The Morgan fingerprint density at radius 1 is 1.18 bits per heavy atom. The summed E-state index contributed by atoms with van der Waals surface area (Å²) in [5.74, 6) is 1.03. The van der Waals surface area contributed by atoms with Crippen LogP contribution < -0.4 is 5.73 Å². The molecule has 0 amide bonds. The quantitative estimate of drug-likeness (QED) is 0.854. The molecule has 1 aromatic heterocycles. The lowest BCUT2D eigenvalue weighted by Crippen LogP contribution is -2.07. The Balaban J connectivity index is 0.00000128. The van der Waals surface area contributed by atoms with Gasteiger partial charge < -0.3 is 10.3 Å². The molecule has 2 rings (SSSR count). The summed E-state index contributed by atoms with van der Waals surface area (Å²) in [5.41, 5.74) is 7.70. The van der Waals surface area contributed by atoms with Gasteiger partial charge in [-0.2, -0.15) is 0 Å². The molecule has 0 spiro atoms. The maximum Gasteiger partial charge on any atom is 0.106 e. The molecule has 0 saturated heterocycles. The highest BCUT2D eigenvalue weighted by Gasteiger charge is 2.08. The zero-order chi connectivity index (χ0) is 10.8. The number of rotatable bonds is 2. The molecule has 0 radical (unpaired) electrons. The number of benzene rings is 1. The highest BCUT2D eigenvalue weighted by molar-refractivity contribution is 5.85. The van der Waals surface area contributed by atoms with Crippen LogP contribution in [-0.4, -0.2) is 9.55 Å². The van der Waals surface area contributed by atoms with Gasteiger partial charge in [-0.3, -0.25) is 0 Å². The summed E-state index contributed by atoms with van der Waals surface area (Å²) in [7, 11) is 0. The highest BCUT2D eigenvalue weighted by Crippen LogP contribution is 2.19. The molecular weight excluding hydrogens is 257 g/mol. The molecule has 1 atom stereocenters. The smallest absolute Gasteiger partial charge is 0.106 e. The SMILES string of the molecule is Cc1nccn1[C@@H](C)c1ccc(N)cc1.Cl.Cl. The number of aromatic nitrogens is 2.